The maximum atomic E-state index is 12.8. The summed E-state index contributed by atoms with van der Waals surface area (Å²) in [4.78, 5) is 9.60. The van der Waals surface area contributed by atoms with Crippen LogP contribution in [0.4, 0.5) is 24.7 Å². The number of fused-ring (bicyclic) bond motifs is 1. The van der Waals surface area contributed by atoms with E-state index in [0.29, 0.717) is 18.1 Å². The minimum atomic E-state index is -4.42. The Balaban J connectivity index is 1.68. The Labute approximate surface area is 176 Å². The first-order chi connectivity index (χ1) is 14.3. The first kappa shape index (κ1) is 20.7. The number of hydrogen-bond donors (Lipinski definition) is 2. The summed E-state index contributed by atoms with van der Waals surface area (Å²) in [5, 5.41) is 3.12. The van der Waals surface area contributed by atoms with E-state index in [4.69, 9.17) is 9.72 Å². The number of rotatable bonds is 5. The Morgan fingerprint density at radius 1 is 1.23 bits per heavy atom. The molecule has 6 nitrogen and oxygen atoms in total. The molecular weight excluding hydrogens is 415 g/mol. The van der Waals surface area contributed by atoms with Gasteiger partial charge in [0.2, 0.25) is 0 Å². The number of nitrogens with zero attached hydrogens (tertiary/aromatic N) is 3. The Bertz CT molecular complexity index is 1040. The molecule has 0 radical (unpaired) electrons. The maximum absolute atomic E-state index is 12.8. The van der Waals surface area contributed by atoms with Gasteiger partial charge < -0.3 is 14.6 Å². The van der Waals surface area contributed by atoms with Gasteiger partial charge in [-0.05, 0) is 56.3 Å². The van der Waals surface area contributed by atoms with Crippen molar-refractivity contribution in [2.75, 3.05) is 12.4 Å². The predicted octanol–water partition coefficient (Wildman–Crippen LogP) is 4.85. The number of halogens is 3. The summed E-state index contributed by atoms with van der Waals surface area (Å²) in [5.74, 6) is 1.16. The van der Waals surface area contributed by atoms with E-state index < -0.39 is 11.7 Å². The zero-order valence-electron chi connectivity index (χ0n) is 16.3. The molecule has 2 aromatic heterocycles. The van der Waals surface area contributed by atoms with Gasteiger partial charge in [-0.1, -0.05) is 0 Å². The summed E-state index contributed by atoms with van der Waals surface area (Å²) in [5.41, 5.74) is 1.50. The highest BCUT2D eigenvalue weighted by Gasteiger charge is 2.30. The molecule has 158 valence electrons. The third-order valence-electron chi connectivity index (χ3n) is 4.65. The van der Waals surface area contributed by atoms with Gasteiger partial charge in [0.05, 0.1) is 17.4 Å². The van der Waals surface area contributed by atoms with E-state index in [0.717, 1.165) is 40.8 Å². The van der Waals surface area contributed by atoms with E-state index in [1.165, 1.54) is 18.0 Å². The van der Waals surface area contributed by atoms with Crippen molar-refractivity contribution in [3.8, 4) is 11.3 Å². The summed E-state index contributed by atoms with van der Waals surface area (Å²) in [6.07, 6.45) is -1.51. The minimum Gasteiger partial charge on any atom is -0.369 e. The molecule has 0 amide bonds. The van der Waals surface area contributed by atoms with Crippen molar-refractivity contribution in [2.45, 2.75) is 37.3 Å². The topological polar surface area (TPSA) is 64.0 Å². The van der Waals surface area contributed by atoms with Crippen LogP contribution in [0.2, 0.25) is 0 Å². The van der Waals surface area contributed by atoms with Gasteiger partial charge in [-0.25, -0.2) is 9.97 Å². The van der Waals surface area contributed by atoms with Crippen molar-refractivity contribution >= 4 is 23.5 Å². The molecule has 1 aliphatic rings. The van der Waals surface area contributed by atoms with Crippen LogP contribution in [0.25, 0.3) is 11.3 Å². The van der Waals surface area contributed by atoms with Crippen molar-refractivity contribution < 1.29 is 17.9 Å². The van der Waals surface area contributed by atoms with E-state index in [1.807, 2.05) is 38.4 Å². The van der Waals surface area contributed by atoms with Gasteiger partial charge in [-0.15, -0.1) is 0 Å². The van der Waals surface area contributed by atoms with Crippen LogP contribution in [0.3, 0.4) is 0 Å². The van der Waals surface area contributed by atoms with E-state index in [9.17, 15) is 13.2 Å². The van der Waals surface area contributed by atoms with Crippen LogP contribution >= 0.6 is 11.9 Å². The highest BCUT2D eigenvalue weighted by Crippen LogP contribution is 2.34. The molecule has 0 spiro atoms. The number of aromatic nitrogens is 3. The molecule has 0 aliphatic carbocycles. The second-order valence-corrected chi connectivity index (χ2v) is 7.97. The average Bonchev–Trinajstić information content (AvgIpc) is 3.12. The van der Waals surface area contributed by atoms with Crippen LogP contribution in [0.1, 0.15) is 18.3 Å². The number of imidazole rings is 1. The second kappa shape index (κ2) is 8.29. The molecule has 2 N–H and O–H groups in total. The quantitative estimate of drug-likeness (QED) is 0.559. The lowest BCUT2D eigenvalue weighted by molar-refractivity contribution is -0.137. The molecule has 30 heavy (non-hydrogen) atoms. The fourth-order valence-electron chi connectivity index (χ4n) is 3.20. The molecular formula is C20H20F3N5OS. The number of ether oxygens (including phenoxy) is 1. The van der Waals surface area contributed by atoms with Gasteiger partial charge in [0.1, 0.15) is 18.2 Å². The van der Waals surface area contributed by atoms with Gasteiger partial charge in [0.15, 0.2) is 0 Å². The molecule has 4 rings (SSSR count). The van der Waals surface area contributed by atoms with Crippen molar-refractivity contribution in [2.24, 2.45) is 0 Å². The van der Waals surface area contributed by atoms with E-state index in [2.05, 4.69) is 19.6 Å². The van der Waals surface area contributed by atoms with Crippen LogP contribution < -0.4 is 10.0 Å². The molecule has 10 heteroatoms. The van der Waals surface area contributed by atoms with E-state index in [1.54, 1.807) is 0 Å². The normalized spacial score (nSPS) is 16.4. The lowest BCUT2D eigenvalue weighted by Crippen LogP contribution is -2.24. The summed E-state index contributed by atoms with van der Waals surface area (Å²) in [7, 11) is 1.83. The Morgan fingerprint density at radius 2 is 2.07 bits per heavy atom. The summed E-state index contributed by atoms with van der Waals surface area (Å²) < 4.78 is 49.2. The van der Waals surface area contributed by atoms with Crippen molar-refractivity contribution in [3.05, 3.63) is 54.1 Å². The summed E-state index contributed by atoms with van der Waals surface area (Å²) in [6.45, 7) is 3.17. The molecule has 1 aliphatic heterocycles. The molecule has 0 saturated heterocycles. The van der Waals surface area contributed by atoms with Crippen LogP contribution in [-0.2, 0) is 24.1 Å². The zero-order valence-corrected chi connectivity index (χ0v) is 17.1. The lowest BCUT2D eigenvalue weighted by Gasteiger charge is -2.20. The molecule has 0 saturated carbocycles. The second-order valence-electron chi connectivity index (χ2n) is 6.88. The minimum absolute atomic E-state index is 0.111. The fourth-order valence-corrected chi connectivity index (χ4v) is 3.75. The van der Waals surface area contributed by atoms with Crippen LogP contribution in [0, 0.1) is 0 Å². The SMILES string of the molecule is CNSc1ccc(Nc2ccc(C(F)(F)F)cn2)c(-c2cn3c(n2)COC(C)C3)c1. The smallest absolute Gasteiger partial charge is 0.369 e. The van der Waals surface area contributed by atoms with Gasteiger partial charge >= 0.3 is 6.18 Å². The largest absolute Gasteiger partial charge is 0.417 e. The van der Waals surface area contributed by atoms with E-state index in [-0.39, 0.29) is 6.10 Å². The summed E-state index contributed by atoms with van der Waals surface area (Å²) in [6, 6.07) is 8.08. The van der Waals surface area contributed by atoms with Gasteiger partial charge in [0.25, 0.3) is 0 Å². The van der Waals surface area contributed by atoms with Gasteiger partial charge in [-0.3, -0.25) is 4.72 Å². The summed E-state index contributed by atoms with van der Waals surface area (Å²) >= 11 is 1.46. The third-order valence-corrected chi connectivity index (χ3v) is 5.34. The van der Waals surface area contributed by atoms with Gasteiger partial charge in [-0.2, -0.15) is 13.2 Å². The monoisotopic (exact) mass is 435 g/mol. The first-order valence-corrected chi connectivity index (χ1v) is 10.1. The number of hydrogen-bond acceptors (Lipinski definition) is 6. The molecule has 1 atom stereocenters. The molecule has 3 heterocycles. The standard InChI is InChI=1S/C20H20F3N5OS/c1-12-9-28-10-17(27-19(28)11-29-12)15-7-14(30-24-2)4-5-16(15)26-18-6-3-13(8-25-18)20(21,22)23/h3-8,10,12,24H,9,11H2,1-2H3,(H,25,26). The molecule has 0 bridgehead atoms. The van der Waals surface area contributed by atoms with Crippen LogP contribution in [0.15, 0.2) is 47.6 Å². The Kier molecular flexibility index (Phi) is 5.72. The van der Waals surface area contributed by atoms with Gasteiger partial charge in [0, 0.05) is 35.1 Å². The van der Waals surface area contributed by atoms with Crippen molar-refractivity contribution in [3.63, 3.8) is 0 Å². The van der Waals surface area contributed by atoms with Crippen molar-refractivity contribution in [1.29, 1.82) is 0 Å². The van der Waals surface area contributed by atoms with Crippen LogP contribution in [-0.4, -0.2) is 27.7 Å². The Hall–Kier alpha value is -2.56. The third kappa shape index (κ3) is 4.45. The molecule has 3 aromatic rings. The lowest BCUT2D eigenvalue weighted by atomic mass is 10.1. The van der Waals surface area contributed by atoms with Crippen molar-refractivity contribution in [1.82, 2.24) is 19.3 Å². The first-order valence-electron chi connectivity index (χ1n) is 9.29. The average molecular weight is 435 g/mol. The fraction of sp³-hybridized carbons (Fsp3) is 0.300. The number of benzene rings is 1. The number of alkyl halides is 3. The maximum Gasteiger partial charge on any atom is 0.417 e. The number of pyridine rings is 1. The highest BCUT2D eigenvalue weighted by molar-refractivity contribution is 7.97. The van der Waals surface area contributed by atoms with E-state index >= 15 is 0 Å². The number of anilines is 2. The molecule has 1 aromatic carbocycles. The van der Waals surface area contributed by atoms with Crippen LogP contribution in [0.5, 0.6) is 0 Å². The molecule has 0 fully saturated rings. The zero-order chi connectivity index (χ0) is 21.3. The Morgan fingerprint density at radius 3 is 2.77 bits per heavy atom. The predicted molar refractivity (Wildman–Crippen MR) is 109 cm³/mol. The molecule has 1 unspecified atom stereocenters. The highest BCUT2D eigenvalue weighted by atomic mass is 32.2. The number of nitrogens with one attached hydrogen (secondary N) is 2.